The van der Waals surface area contributed by atoms with Gasteiger partial charge >= 0.3 is 0 Å². The number of methoxy groups -OCH3 is 1. The van der Waals surface area contributed by atoms with Crippen LogP contribution in [0.5, 0.6) is 5.75 Å². The molecule has 0 bridgehead atoms. The van der Waals surface area contributed by atoms with Crippen molar-refractivity contribution in [3.8, 4) is 5.75 Å². The fraction of sp³-hybridized carbons (Fsp3) is 0.152. The van der Waals surface area contributed by atoms with Gasteiger partial charge in [0.2, 0.25) is 0 Å². The summed E-state index contributed by atoms with van der Waals surface area (Å²) in [6.45, 7) is 0.699. The molecule has 1 amide bonds. The van der Waals surface area contributed by atoms with E-state index in [0.717, 1.165) is 45.5 Å². The lowest BCUT2D eigenvalue weighted by molar-refractivity contribution is 0.0934. The highest BCUT2D eigenvalue weighted by molar-refractivity contribution is 6.30. The first kappa shape index (κ1) is 25.7. The molecule has 0 aliphatic heterocycles. The van der Waals surface area contributed by atoms with Crippen LogP contribution in [-0.2, 0) is 19.4 Å². The number of carbonyl (C=O) groups excluding carboxylic acids is 1. The molecule has 2 N–H and O–H groups in total. The van der Waals surface area contributed by atoms with Gasteiger partial charge in [-0.2, -0.15) is 0 Å². The molecule has 2 heterocycles. The van der Waals surface area contributed by atoms with Gasteiger partial charge in [0, 0.05) is 46.7 Å². The van der Waals surface area contributed by atoms with E-state index in [-0.39, 0.29) is 5.91 Å². The third kappa shape index (κ3) is 5.31. The van der Waals surface area contributed by atoms with Crippen LogP contribution >= 0.6 is 11.6 Å². The van der Waals surface area contributed by atoms with Crippen molar-refractivity contribution >= 4 is 39.4 Å². The van der Waals surface area contributed by atoms with Crippen LogP contribution in [0.2, 0.25) is 5.02 Å². The Bertz CT molecular complexity index is 1770. The van der Waals surface area contributed by atoms with Crippen LogP contribution in [-0.4, -0.2) is 27.6 Å². The first-order chi connectivity index (χ1) is 19.6. The lowest BCUT2D eigenvalue weighted by Gasteiger charge is -2.21. The highest BCUT2D eigenvalue weighted by Crippen LogP contribution is 2.29. The van der Waals surface area contributed by atoms with E-state index in [4.69, 9.17) is 21.3 Å². The van der Waals surface area contributed by atoms with Crippen LogP contribution in [0.4, 0.5) is 0 Å². The van der Waals surface area contributed by atoms with Gasteiger partial charge in [-0.1, -0.05) is 60.1 Å². The molecule has 1 atom stereocenters. The summed E-state index contributed by atoms with van der Waals surface area (Å²) in [6.07, 6.45) is 3.41. The van der Waals surface area contributed by atoms with Crippen LogP contribution in [0.15, 0.2) is 103 Å². The molecule has 7 heteroatoms. The number of benzene rings is 4. The maximum Gasteiger partial charge on any atom is 0.251 e. The maximum atomic E-state index is 13.5. The van der Waals surface area contributed by atoms with E-state index < -0.39 is 6.04 Å². The van der Waals surface area contributed by atoms with E-state index in [9.17, 15) is 4.79 Å². The van der Waals surface area contributed by atoms with E-state index in [0.29, 0.717) is 23.6 Å². The van der Waals surface area contributed by atoms with Crippen molar-refractivity contribution in [3.05, 3.63) is 131 Å². The predicted molar refractivity (Wildman–Crippen MR) is 160 cm³/mol. The molecule has 1 unspecified atom stereocenters. The summed E-state index contributed by atoms with van der Waals surface area (Å²) < 4.78 is 7.76. The van der Waals surface area contributed by atoms with Gasteiger partial charge in [-0.15, -0.1) is 0 Å². The molecule has 6 rings (SSSR count). The van der Waals surface area contributed by atoms with Crippen molar-refractivity contribution in [1.82, 2.24) is 19.9 Å². The Morgan fingerprint density at radius 3 is 2.58 bits per heavy atom. The second kappa shape index (κ2) is 11.3. The second-order valence-corrected chi connectivity index (χ2v) is 10.2. The minimum absolute atomic E-state index is 0.180. The number of imidazole rings is 1. The number of ether oxygens (including phenoxy) is 1. The van der Waals surface area contributed by atoms with Gasteiger partial charge in [-0.05, 0) is 60.0 Å². The molecule has 4 aromatic carbocycles. The molecule has 0 saturated carbocycles. The van der Waals surface area contributed by atoms with Gasteiger partial charge in [0.25, 0.3) is 5.91 Å². The van der Waals surface area contributed by atoms with Gasteiger partial charge < -0.3 is 19.6 Å². The number of rotatable bonds is 9. The van der Waals surface area contributed by atoms with Crippen LogP contribution in [0.1, 0.15) is 33.4 Å². The standard InChI is InChI=1S/C33H29ClN4O2/c1-40-26-15-16-29-31(20-26)38(18-17-22-7-3-2-4-8-22)32(36-29)30(37-33(39)23-11-13-25(34)14-12-23)19-24-21-35-28-10-6-5-9-27(24)28/h2-16,20-21,30,35H,17-19H2,1H3,(H,37,39). The predicted octanol–water partition coefficient (Wildman–Crippen LogP) is 7.14. The number of para-hydroxylation sites is 1. The number of carbonyl (C=O) groups is 1. The van der Waals surface area contributed by atoms with E-state index in [1.165, 1.54) is 5.56 Å². The lowest BCUT2D eigenvalue weighted by atomic mass is 10.0. The number of nitrogens with one attached hydrogen (secondary N) is 2. The van der Waals surface area contributed by atoms with Crippen LogP contribution in [0.25, 0.3) is 21.9 Å². The van der Waals surface area contributed by atoms with E-state index in [1.807, 2.05) is 42.6 Å². The lowest BCUT2D eigenvalue weighted by Crippen LogP contribution is -2.32. The largest absolute Gasteiger partial charge is 0.497 e. The summed E-state index contributed by atoms with van der Waals surface area (Å²) in [5.41, 5.74) is 5.76. The number of aromatic amines is 1. The quantitative estimate of drug-likeness (QED) is 0.202. The molecular weight excluding hydrogens is 520 g/mol. The summed E-state index contributed by atoms with van der Waals surface area (Å²) in [5, 5.41) is 5.00. The molecule has 6 aromatic rings. The fourth-order valence-corrected chi connectivity index (χ4v) is 5.33. The number of amides is 1. The summed E-state index contributed by atoms with van der Waals surface area (Å²) in [6, 6.07) is 31.0. The highest BCUT2D eigenvalue weighted by atomic mass is 35.5. The smallest absolute Gasteiger partial charge is 0.251 e. The van der Waals surface area contributed by atoms with E-state index in [2.05, 4.69) is 51.3 Å². The van der Waals surface area contributed by atoms with Crippen molar-refractivity contribution in [3.63, 3.8) is 0 Å². The molecule has 0 radical (unpaired) electrons. The second-order valence-electron chi connectivity index (χ2n) is 9.81. The summed E-state index contributed by atoms with van der Waals surface area (Å²) >= 11 is 6.09. The first-order valence-corrected chi connectivity index (χ1v) is 13.7. The number of hydrogen-bond acceptors (Lipinski definition) is 3. The minimum atomic E-state index is -0.392. The Morgan fingerprint density at radius 2 is 1.77 bits per heavy atom. The number of H-pyrrole nitrogens is 1. The molecule has 2 aromatic heterocycles. The van der Waals surface area contributed by atoms with E-state index in [1.54, 1.807) is 31.4 Å². The van der Waals surface area contributed by atoms with Crippen LogP contribution < -0.4 is 10.1 Å². The molecule has 0 aliphatic rings. The molecule has 40 heavy (non-hydrogen) atoms. The topological polar surface area (TPSA) is 71.9 Å². The van der Waals surface area contributed by atoms with E-state index >= 15 is 0 Å². The highest BCUT2D eigenvalue weighted by Gasteiger charge is 2.25. The van der Waals surface area contributed by atoms with Gasteiger partial charge in [0.05, 0.1) is 24.2 Å². The number of aryl methyl sites for hydroxylation is 2. The Hall–Kier alpha value is -4.55. The number of hydrogen-bond donors (Lipinski definition) is 2. The third-order valence-corrected chi connectivity index (χ3v) is 7.53. The number of halogens is 1. The number of aromatic nitrogens is 3. The average Bonchev–Trinajstić information content (AvgIpc) is 3.57. The fourth-order valence-electron chi connectivity index (χ4n) is 5.20. The zero-order chi connectivity index (χ0) is 27.5. The zero-order valence-electron chi connectivity index (χ0n) is 22.1. The monoisotopic (exact) mass is 548 g/mol. The van der Waals surface area contributed by atoms with Crippen molar-refractivity contribution in [2.24, 2.45) is 0 Å². The van der Waals surface area contributed by atoms with Gasteiger partial charge in [0.1, 0.15) is 11.6 Å². The zero-order valence-corrected chi connectivity index (χ0v) is 22.9. The maximum absolute atomic E-state index is 13.5. The molecule has 6 nitrogen and oxygen atoms in total. The third-order valence-electron chi connectivity index (χ3n) is 7.27. The van der Waals surface area contributed by atoms with Gasteiger partial charge in [-0.3, -0.25) is 4.79 Å². The first-order valence-electron chi connectivity index (χ1n) is 13.3. The molecule has 0 spiro atoms. The van der Waals surface area contributed by atoms with Crippen LogP contribution in [0, 0.1) is 0 Å². The molecular formula is C33H29ClN4O2. The molecule has 0 fully saturated rings. The number of nitrogens with zero attached hydrogens (tertiary/aromatic N) is 2. The van der Waals surface area contributed by atoms with Crippen molar-refractivity contribution in [1.29, 1.82) is 0 Å². The van der Waals surface area contributed by atoms with Crippen molar-refractivity contribution in [2.45, 2.75) is 25.4 Å². The molecule has 200 valence electrons. The summed E-state index contributed by atoms with van der Waals surface area (Å²) in [7, 11) is 1.67. The average molecular weight is 549 g/mol. The Kier molecular flexibility index (Phi) is 7.25. The summed E-state index contributed by atoms with van der Waals surface area (Å²) in [4.78, 5) is 22.0. The van der Waals surface area contributed by atoms with Crippen molar-refractivity contribution in [2.75, 3.05) is 7.11 Å². The SMILES string of the molecule is COc1ccc2nc(C(Cc3c[nH]c4ccccc34)NC(=O)c3ccc(Cl)cc3)n(CCc3ccccc3)c2c1. The van der Waals surface area contributed by atoms with Crippen LogP contribution in [0.3, 0.4) is 0 Å². The molecule has 0 saturated heterocycles. The Labute approximate surface area is 237 Å². The normalized spacial score (nSPS) is 12.1. The Balaban J connectivity index is 1.44. The Morgan fingerprint density at radius 1 is 1.00 bits per heavy atom. The van der Waals surface area contributed by atoms with Crippen molar-refractivity contribution < 1.29 is 9.53 Å². The van der Waals surface area contributed by atoms with Gasteiger partial charge in [-0.25, -0.2) is 4.98 Å². The summed E-state index contributed by atoms with van der Waals surface area (Å²) in [5.74, 6) is 1.38. The minimum Gasteiger partial charge on any atom is -0.497 e. The van der Waals surface area contributed by atoms with Gasteiger partial charge in [0.15, 0.2) is 0 Å². The number of fused-ring (bicyclic) bond motifs is 2. The molecule has 0 aliphatic carbocycles.